The first kappa shape index (κ1) is 31.4. The first-order valence-corrected chi connectivity index (χ1v) is 18.9. The first-order chi connectivity index (χ1) is 27.3. The number of hydrogen-bond donors (Lipinski definition) is 0. The summed E-state index contributed by atoms with van der Waals surface area (Å²) in [5, 5.41) is 0. The third kappa shape index (κ3) is 4.89. The van der Waals surface area contributed by atoms with Crippen LogP contribution in [0.3, 0.4) is 0 Å². The molecule has 0 N–H and O–H groups in total. The Hall–Kier alpha value is -7.16. The molecule has 1 heterocycles. The number of nitrogens with zero attached hydrogens (tertiary/aromatic N) is 2. The molecule has 0 fully saturated rings. The predicted molar refractivity (Wildman–Crippen MR) is 226 cm³/mol. The summed E-state index contributed by atoms with van der Waals surface area (Å²) in [6.07, 6.45) is 0. The van der Waals surface area contributed by atoms with Crippen molar-refractivity contribution in [2.75, 3.05) is 0 Å². The molecule has 8 aromatic carbocycles. The van der Waals surface area contributed by atoms with E-state index in [-0.39, 0.29) is 5.41 Å². The maximum absolute atomic E-state index is 5.10. The minimum absolute atomic E-state index is 0.333. The molecule has 2 aliphatic carbocycles. The smallest absolute Gasteiger partial charge is 0.160 e. The molecule has 256 valence electrons. The van der Waals surface area contributed by atoms with Gasteiger partial charge in [-0.05, 0) is 91.0 Å². The normalized spacial score (nSPS) is 12.9. The highest BCUT2D eigenvalue weighted by atomic mass is 14.9. The van der Waals surface area contributed by atoms with Crippen LogP contribution in [0.1, 0.15) is 22.3 Å². The van der Waals surface area contributed by atoms with Crippen molar-refractivity contribution in [3.63, 3.8) is 0 Å². The van der Waals surface area contributed by atoms with Gasteiger partial charge in [0, 0.05) is 16.7 Å². The minimum atomic E-state index is -0.333. The Bertz CT molecular complexity index is 2820. The van der Waals surface area contributed by atoms with Gasteiger partial charge >= 0.3 is 0 Å². The predicted octanol–water partition coefficient (Wildman–Crippen LogP) is 13.2. The molecule has 9 aromatic rings. The summed E-state index contributed by atoms with van der Waals surface area (Å²) in [7, 11) is 0. The van der Waals surface area contributed by atoms with E-state index in [1.54, 1.807) is 0 Å². The highest BCUT2D eigenvalue weighted by molar-refractivity contribution is 5.96. The minimum Gasteiger partial charge on any atom is -0.228 e. The summed E-state index contributed by atoms with van der Waals surface area (Å²) < 4.78 is 0. The van der Waals surface area contributed by atoms with E-state index in [1.807, 2.05) is 12.1 Å². The quantitative estimate of drug-likeness (QED) is 0.179. The fourth-order valence-electron chi connectivity index (χ4n) is 9.09. The van der Waals surface area contributed by atoms with Gasteiger partial charge in [-0.1, -0.05) is 182 Å². The average Bonchev–Trinajstić information content (AvgIpc) is 3.74. The maximum Gasteiger partial charge on any atom is 0.160 e. The van der Waals surface area contributed by atoms with Gasteiger partial charge in [0.15, 0.2) is 5.82 Å². The number of hydrogen-bond acceptors (Lipinski definition) is 2. The van der Waals surface area contributed by atoms with Crippen molar-refractivity contribution in [1.82, 2.24) is 9.97 Å². The lowest BCUT2D eigenvalue weighted by atomic mass is 9.70. The zero-order valence-electron chi connectivity index (χ0n) is 30.0. The molecule has 2 heteroatoms. The summed E-state index contributed by atoms with van der Waals surface area (Å²) in [5.74, 6) is 0.708. The first-order valence-electron chi connectivity index (χ1n) is 18.9. The Labute approximate surface area is 321 Å². The maximum atomic E-state index is 5.10. The topological polar surface area (TPSA) is 25.8 Å². The zero-order valence-corrected chi connectivity index (χ0v) is 30.0. The van der Waals surface area contributed by atoms with Gasteiger partial charge in [0.2, 0.25) is 0 Å². The molecule has 0 aliphatic heterocycles. The van der Waals surface area contributed by atoms with Crippen molar-refractivity contribution >= 4 is 0 Å². The van der Waals surface area contributed by atoms with E-state index >= 15 is 0 Å². The third-order valence-electron chi connectivity index (χ3n) is 11.5. The molecule has 1 spiro atoms. The van der Waals surface area contributed by atoms with Crippen LogP contribution in [0.25, 0.3) is 78.4 Å². The van der Waals surface area contributed by atoms with Gasteiger partial charge in [0.1, 0.15) is 0 Å². The summed E-state index contributed by atoms with van der Waals surface area (Å²) in [5.41, 5.74) is 20.0. The number of rotatable bonds is 5. The second kappa shape index (κ2) is 12.5. The zero-order chi connectivity index (χ0) is 36.3. The van der Waals surface area contributed by atoms with E-state index in [4.69, 9.17) is 9.97 Å². The van der Waals surface area contributed by atoms with Crippen molar-refractivity contribution in [1.29, 1.82) is 0 Å². The van der Waals surface area contributed by atoms with Gasteiger partial charge in [-0.15, -0.1) is 0 Å². The third-order valence-corrected chi connectivity index (χ3v) is 11.5. The van der Waals surface area contributed by atoms with Gasteiger partial charge in [0.25, 0.3) is 0 Å². The van der Waals surface area contributed by atoms with Crippen LogP contribution < -0.4 is 0 Å². The van der Waals surface area contributed by atoms with Gasteiger partial charge in [-0.25, -0.2) is 9.97 Å². The Morgan fingerprint density at radius 2 is 0.636 bits per heavy atom. The van der Waals surface area contributed by atoms with Crippen molar-refractivity contribution in [2.45, 2.75) is 5.41 Å². The highest BCUT2D eigenvalue weighted by Gasteiger charge is 2.51. The van der Waals surface area contributed by atoms with Crippen molar-refractivity contribution in [3.8, 4) is 78.4 Å². The van der Waals surface area contributed by atoms with Crippen LogP contribution in [0.15, 0.2) is 206 Å². The summed E-state index contributed by atoms with van der Waals surface area (Å²) in [6.45, 7) is 0. The standard InChI is InChI=1S/C53H34N2/c1-3-15-35(16-4-1)50-34-51(36-17-5-2-6-18-36)55-52(54-50)41-22-14-21-39(32-41)37-19-13-20-38(31-37)40-29-30-49-45(33-40)44-25-9-12-28-48(44)53(49)46-26-10-7-23-42(46)43-24-8-11-27-47(43)53/h1-34H. The molecule has 0 saturated heterocycles. The van der Waals surface area contributed by atoms with Crippen LogP contribution in [0.2, 0.25) is 0 Å². The summed E-state index contributed by atoms with van der Waals surface area (Å²) >= 11 is 0. The van der Waals surface area contributed by atoms with Crippen molar-refractivity contribution in [2.24, 2.45) is 0 Å². The summed E-state index contributed by atoms with van der Waals surface area (Å²) in [4.78, 5) is 10.2. The van der Waals surface area contributed by atoms with Crippen LogP contribution in [-0.2, 0) is 5.41 Å². The Kier molecular flexibility index (Phi) is 7.11. The second-order valence-electron chi connectivity index (χ2n) is 14.5. The van der Waals surface area contributed by atoms with E-state index in [0.29, 0.717) is 5.82 Å². The molecule has 0 atom stereocenters. The Morgan fingerprint density at radius 1 is 0.255 bits per heavy atom. The molecule has 0 unspecified atom stereocenters. The molecule has 0 amide bonds. The highest BCUT2D eigenvalue weighted by Crippen LogP contribution is 2.62. The molecule has 1 aromatic heterocycles. The van der Waals surface area contributed by atoms with Crippen molar-refractivity contribution in [3.05, 3.63) is 229 Å². The number of fused-ring (bicyclic) bond motifs is 10. The van der Waals surface area contributed by atoms with Crippen LogP contribution in [0.5, 0.6) is 0 Å². The van der Waals surface area contributed by atoms with Crippen LogP contribution in [-0.4, -0.2) is 9.97 Å². The molecule has 55 heavy (non-hydrogen) atoms. The molecular weight excluding hydrogens is 665 g/mol. The van der Waals surface area contributed by atoms with Gasteiger partial charge in [-0.3, -0.25) is 0 Å². The van der Waals surface area contributed by atoms with Gasteiger partial charge in [-0.2, -0.15) is 0 Å². The molecule has 0 bridgehead atoms. The largest absolute Gasteiger partial charge is 0.228 e. The fourth-order valence-corrected chi connectivity index (χ4v) is 9.09. The van der Waals surface area contributed by atoms with Crippen LogP contribution in [0, 0.1) is 0 Å². The molecular formula is C53H34N2. The molecule has 2 nitrogen and oxygen atoms in total. The molecule has 0 saturated carbocycles. The Morgan fingerprint density at radius 3 is 1.16 bits per heavy atom. The van der Waals surface area contributed by atoms with Gasteiger partial charge < -0.3 is 0 Å². The van der Waals surface area contributed by atoms with Crippen LogP contribution in [0.4, 0.5) is 0 Å². The number of aromatic nitrogens is 2. The molecule has 11 rings (SSSR count). The van der Waals surface area contributed by atoms with E-state index in [0.717, 1.165) is 39.2 Å². The van der Waals surface area contributed by atoms with Gasteiger partial charge in [0.05, 0.1) is 16.8 Å². The lowest BCUT2D eigenvalue weighted by Crippen LogP contribution is -2.25. The van der Waals surface area contributed by atoms with E-state index < -0.39 is 0 Å². The van der Waals surface area contributed by atoms with Crippen LogP contribution >= 0.6 is 0 Å². The van der Waals surface area contributed by atoms with E-state index in [1.165, 1.54) is 55.6 Å². The average molecular weight is 699 g/mol. The monoisotopic (exact) mass is 698 g/mol. The van der Waals surface area contributed by atoms with E-state index in [2.05, 4.69) is 194 Å². The lowest BCUT2D eigenvalue weighted by Gasteiger charge is -2.30. The SMILES string of the molecule is c1ccc(-c2cc(-c3ccccc3)nc(-c3cccc(-c4cccc(-c5ccc6c(c5)-c5ccccc5C65c6ccccc6-c6ccccc65)c4)c3)n2)cc1. The lowest BCUT2D eigenvalue weighted by molar-refractivity contribution is 0.794. The fraction of sp³-hybridized carbons (Fsp3) is 0.0189. The Balaban J connectivity index is 1.01. The molecule has 2 aliphatic rings. The number of benzene rings is 8. The summed E-state index contributed by atoms with van der Waals surface area (Å²) in [6, 6.07) is 74.4. The van der Waals surface area contributed by atoms with Crippen molar-refractivity contribution < 1.29 is 0 Å². The second-order valence-corrected chi connectivity index (χ2v) is 14.5. The molecule has 0 radical (unpaired) electrons. The van der Waals surface area contributed by atoms with E-state index in [9.17, 15) is 0 Å².